The Morgan fingerprint density at radius 1 is 0.867 bits per heavy atom. The minimum Gasteiger partial charge on any atom is -0.487 e. The number of rotatable bonds is 10. The first kappa shape index (κ1) is 34.5. The summed E-state index contributed by atoms with van der Waals surface area (Å²) in [5, 5.41) is 72.7. The molecule has 2 saturated heterocycles. The Morgan fingerprint density at radius 3 is 2.20 bits per heavy atom. The van der Waals surface area contributed by atoms with E-state index in [-0.39, 0.29) is 11.8 Å². The second-order valence-electron chi connectivity index (χ2n) is 13.5. The Balaban J connectivity index is 1.53. The lowest BCUT2D eigenvalue weighted by Crippen LogP contribution is -2.65. The van der Waals surface area contributed by atoms with E-state index >= 15 is 0 Å². The molecule has 0 spiro atoms. The van der Waals surface area contributed by atoms with Crippen LogP contribution in [-0.4, -0.2) is 116 Å². The summed E-state index contributed by atoms with van der Waals surface area (Å²) in [6, 6.07) is 4.00. The molecule has 12 nitrogen and oxygen atoms in total. The van der Waals surface area contributed by atoms with Crippen molar-refractivity contribution in [2.45, 2.75) is 139 Å². The third-order valence-electron chi connectivity index (χ3n) is 9.79. The van der Waals surface area contributed by atoms with Crippen LogP contribution < -0.4 is 9.47 Å². The lowest BCUT2D eigenvalue weighted by atomic mass is 9.68. The standard InChI is InChI=1S/C33H50O12/c1-5-6-7-8-17-12-20(24-18-11-16(2)9-10-19(18)33(3,4)45-21(24)13-17)41-32-30(28(39)26(37)23(15-35)43-32)44-31-29(40)27(38)25(36)22(14-34)42-31/h11-13,18-19,22-23,25-32,34-40H,5-10,14-15H2,1-4H3/t18-,19-,22-,23-,25-,26-,27+,28+,29-,30-,31+,32-/m1/s1. The van der Waals surface area contributed by atoms with Gasteiger partial charge in [0.25, 0.3) is 0 Å². The highest BCUT2D eigenvalue weighted by atomic mass is 16.8. The molecular weight excluding hydrogens is 588 g/mol. The highest BCUT2D eigenvalue weighted by molar-refractivity contribution is 5.54. The number of hydrogen-bond donors (Lipinski definition) is 7. The topological polar surface area (TPSA) is 188 Å². The van der Waals surface area contributed by atoms with E-state index < -0.39 is 80.2 Å². The van der Waals surface area contributed by atoms with Gasteiger partial charge in [0.15, 0.2) is 12.4 Å². The lowest BCUT2D eigenvalue weighted by molar-refractivity contribution is -0.358. The first-order valence-electron chi connectivity index (χ1n) is 16.2. The van der Waals surface area contributed by atoms with E-state index in [9.17, 15) is 35.7 Å². The molecule has 45 heavy (non-hydrogen) atoms. The van der Waals surface area contributed by atoms with Crippen LogP contribution in [0.2, 0.25) is 0 Å². The van der Waals surface area contributed by atoms with Gasteiger partial charge >= 0.3 is 0 Å². The largest absolute Gasteiger partial charge is 0.487 e. The van der Waals surface area contributed by atoms with Crippen molar-refractivity contribution in [2.24, 2.45) is 5.92 Å². The van der Waals surface area contributed by atoms with Crippen LogP contribution in [0, 0.1) is 5.92 Å². The predicted molar refractivity (Wildman–Crippen MR) is 161 cm³/mol. The molecule has 1 aromatic carbocycles. The smallest absolute Gasteiger partial charge is 0.229 e. The molecule has 0 radical (unpaired) electrons. The molecule has 1 aliphatic carbocycles. The number of aliphatic hydroxyl groups excluding tert-OH is 7. The maximum Gasteiger partial charge on any atom is 0.229 e. The maximum atomic E-state index is 11.2. The second kappa shape index (κ2) is 14.1. The Bertz CT molecular complexity index is 1190. The molecule has 0 amide bonds. The molecule has 0 saturated carbocycles. The summed E-state index contributed by atoms with van der Waals surface area (Å²) in [5.74, 6) is 1.27. The molecule has 12 atom stereocenters. The fourth-order valence-electron chi connectivity index (χ4n) is 7.14. The summed E-state index contributed by atoms with van der Waals surface area (Å²) in [6.45, 7) is 7.15. The van der Waals surface area contributed by atoms with Crippen LogP contribution in [0.1, 0.15) is 76.8 Å². The quantitative estimate of drug-likeness (QED) is 0.143. The average molecular weight is 639 g/mol. The fraction of sp³-hybridized carbons (Fsp3) is 0.758. The third kappa shape index (κ3) is 6.92. The molecule has 0 unspecified atom stereocenters. The van der Waals surface area contributed by atoms with Crippen LogP contribution in [-0.2, 0) is 20.6 Å². The van der Waals surface area contributed by atoms with E-state index in [2.05, 4.69) is 39.8 Å². The minimum absolute atomic E-state index is 0.0326. The third-order valence-corrected chi connectivity index (χ3v) is 9.79. The van der Waals surface area contributed by atoms with Crippen molar-refractivity contribution in [2.75, 3.05) is 13.2 Å². The molecule has 7 N–H and O–H groups in total. The first-order chi connectivity index (χ1) is 21.4. The fourth-order valence-corrected chi connectivity index (χ4v) is 7.14. The predicted octanol–water partition coefficient (Wildman–Crippen LogP) is 1.03. The van der Waals surface area contributed by atoms with Gasteiger partial charge in [0, 0.05) is 17.4 Å². The van der Waals surface area contributed by atoms with E-state index in [1.54, 1.807) is 0 Å². The summed E-state index contributed by atoms with van der Waals surface area (Å²) >= 11 is 0. The monoisotopic (exact) mass is 638 g/mol. The van der Waals surface area contributed by atoms with Gasteiger partial charge in [0.1, 0.15) is 59.8 Å². The Labute approximate surface area is 264 Å². The van der Waals surface area contributed by atoms with E-state index in [0.717, 1.165) is 49.7 Å². The number of unbranched alkanes of at least 4 members (excludes halogenated alkanes) is 2. The molecule has 4 aliphatic rings. The van der Waals surface area contributed by atoms with E-state index in [1.807, 2.05) is 6.07 Å². The van der Waals surface area contributed by atoms with Crippen LogP contribution in [0.4, 0.5) is 0 Å². The molecule has 3 heterocycles. The molecule has 2 fully saturated rings. The summed E-state index contributed by atoms with van der Waals surface area (Å²) < 4.78 is 30.6. The lowest BCUT2D eigenvalue weighted by Gasteiger charge is -2.48. The van der Waals surface area contributed by atoms with Crippen molar-refractivity contribution in [1.29, 1.82) is 0 Å². The van der Waals surface area contributed by atoms with E-state index in [1.165, 1.54) is 5.57 Å². The van der Waals surface area contributed by atoms with Crippen LogP contribution in [0.5, 0.6) is 11.5 Å². The number of ether oxygens (including phenoxy) is 5. The molecule has 5 rings (SSSR count). The van der Waals surface area contributed by atoms with Gasteiger partial charge in [0.2, 0.25) is 6.29 Å². The highest BCUT2D eigenvalue weighted by Crippen LogP contribution is 2.54. The summed E-state index contributed by atoms with van der Waals surface area (Å²) in [7, 11) is 0. The van der Waals surface area contributed by atoms with Crippen molar-refractivity contribution in [3.63, 3.8) is 0 Å². The van der Waals surface area contributed by atoms with Crippen molar-refractivity contribution in [1.82, 2.24) is 0 Å². The summed E-state index contributed by atoms with van der Waals surface area (Å²) in [5.41, 5.74) is 2.64. The summed E-state index contributed by atoms with van der Waals surface area (Å²) in [6.07, 6.45) is -7.36. The van der Waals surface area contributed by atoms with Crippen molar-refractivity contribution >= 4 is 0 Å². The molecule has 12 heteroatoms. The van der Waals surface area contributed by atoms with Crippen molar-refractivity contribution in [3.05, 3.63) is 34.9 Å². The highest BCUT2D eigenvalue weighted by Gasteiger charge is 2.52. The number of allylic oxidation sites excluding steroid dienone is 2. The molecule has 254 valence electrons. The van der Waals surface area contributed by atoms with Gasteiger partial charge in [-0.05, 0) is 64.2 Å². The first-order valence-corrected chi connectivity index (χ1v) is 16.2. The molecule has 3 aliphatic heterocycles. The van der Waals surface area contributed by atoms with Gasteiger partial charge in [-0.1, -0.05) is 31.4 Å². The Kier molecular flexibility index (Phi) is 10.8. The van der Waals surface area contributed by atoms with Gasteiger partial charge in [-0.15, -0.1) is 0 Å². The van der Waals surface area contributed by atoms with Crippen LogP contribution in [0.15, 0.2) is 23.8 Å². The molecular formula is C33H50O12. The van der Waals surface area contributed by atoms with Crippen molar-refractivity contribution in [3.8, 4) is 11.5 Å². The Hall–Kier alpha value is -1.84. The zero-order valence-electron chi connectivity index (χ0n) is 26.5. The van der Waals surface area contributed by atoms with E-state index in [4.69, 9.17) is 23.7 Å². The number of fused-ring (bicyclic) bond motifs is 3. The summed E-state index contributed by atoms with van der Waals surface area (Å²) in [4.78, 5) is 0. The van der Waals surface area contributed by atoms with Crippen LogP contribution in [0.25, 0.3) is 0 Å². The number of hydrogen-bond acceptors (Lipinski definition) is 12. The number of benzene rings is 1. The number of aryl methyl sites for hydroxylation is 1. The van der Waals surface area contributed by atoms with Gasteiger partial charge in [-0.3, -0.25) is 0 Å². The average Bonchev–Trinajstić information content (AvgIpc) is 3.00. The zero-order valence-corrected chi connectivity index (χ0v) is 26.5. The van der Waals surface area contributed by atoms with E-state index in [0.29, 0.717) is 11.5 Å². The van der Waals surface area contributed by atoms with Crippen LogP contribution >= 0.6 is 0 Å². The number of aliphatic hydroxyl groups is 7. The Morgan fingerprint density at radius 2 is 1.53 bits per heavy atom. The van der Waals surface area contributed by atoms with Crippen LogP contribution in [0.3, 0.4) is 0 Å². The second-order valence-corrected chi connectivity index (χ2v) is 13.5. The van der Waals surface area contributed by atoms with Gasteiger partial charge in [0.05, 0.1) is 13.2 Å². The molecule has 0 aromatic heterocycles. The minimum atomic E-state index is -1.76. The zero-order chi connectivity index (χ0) is 32.6. The van der Waals surface area contributed by atoms with Crippen molar-refractivity contribution < 1.29 is 59.4 Å². The maximum absolute atomic E-state index is 11.2. The van der Waals surface area contributed by atoms with Gasteiger partial charge < -0.3 is 59.4 Å². The normalized spacial score (nSPS) is 39.3. The molecule has 0 bridgehead atoms. The molecule has 1 aromatic rings. The van der Waals surface area contributed by atoms with Gasteiger partial charge in [-0.25, -0.2) is 0 Å². The SMILES string of the molecule is CCCCCc1cc(O[C@@H]2O[C@H](CO)[C@@H](O)[C@H](O)[C@H]2O[C@@H]2O[C@H](CO)[C@@H](O)[C@H](O)[C@H]2O)c2c(c1)OC(C)(C)[C@@H]1CCC(C)=C[C@@H]21. The van der Waals surface area contributed by atoms with Gasteiger partial charge in [-0.2, -0.15) is 0 Å².